The number of rotatable bonds is 0. The summed E-state index contributed by atoms with van der Waals surface area (Å²) in [5, 5.41) is 19.8. The van der Waals surface area contributed by atoms with Gasteiger partial charge in [-0.05, 0) is 0 Å². The predicted octanol–water partition coefficient (Wildman–Crippen LogP) is -2.09. The van der Waals surface area contributed by atoms with Gasteiger partial charge >= 0.3 is 19.5 Å². The maximum absolute atomic E-state index is 9.91. The molecule has 0 amide bonds. The minimum atomic E-state index is -1.01. The number of carboxylic acid groups (broad SMARTS) is 2. The second-order valence-corrected chi connectivity index (χ2v) is 5.07. The maximum Gasteiger partial charge on any atom is 2.00 e. The number of hydrogen-bond acceptors (Lipinski definition) is 4. The largest absolute Gasteiger partial charge is 2.00 e. The van der Waals surface area contributed by atoms with Crippen LogP contribution in [0.3, 0.4) is 0 Å². The number of carbonyl (C=O) groups is 2. The summed E-state index contributed by atoms with van der Waals surface area (Å²) < 4.78 is 0. The van der Waals surface area contributed by atoms with Crippen LogP contribution in [0.5, 0.6) is 0 Å². The Balaban J connectivity index is -0.0000000480. The van der Waals surface area contributed by atoms with E-state index >= 15 is 0 Å². The van der Waals surface area contributed by atoms with Crippen LogP contribution >= 0.6 is 0 Å². The summed E-state index contributed by atoms with van der Waals surface area (Å²) in [6.07, 6.45) is 0. The zero-order valence-electron chi connectivity index (χ0n) is 11.3. The van der Waals surface area contributed by atoms with Crippen molar-refractivity contribution >= 4 is 11.9 Å². The molecule has 7 heteroatoms. The van der Waals surface area contributed by atoms with Crippen LogP contribution in [-0.4, -0.2) is 22.9 Å². The smallest absolute Gasteiger partial charge is 0.550 e. The second kappa shape index (κ2) is 10.6. The minimum absolute atomic E-state index is 0. The van der Waals surface area contributed by atoms with Crippen molar-refractivity contribution in [2.24, 2.45) is 10.8 Å². The van der Waals surface area contributed by atoms with E-state index in [1.54, 1.807) is 41.5 Å². The third kappa shape index (κ3) is 21.3. The Bertz CT molecular complexity index is 190. The third-order valence-electron chi connectivity index (χ3n) is 1.22. The topological polar surface area (TPSA) is 143 Å². The molecule has 0 radical (unpaired) electrons. The van der Waals surface area contributed by atoms with Gasteiger partial charge in [0.05, 0.1) is 0 Å². The summed E-state index contributed by atoms with van der Waals surface area (Å²) in [5.41, 5.74) is -1.39. The number of carboxylic acids is 2. The van der Waals surface area contributed by atoms with E-state index in [2.05, 4.69) is 0 Å². The summed E-state index contributed by atoms with van der Waals surface area (Å²) in [4.78, 5) is 19.8. The summed E-state index contributed by atoms with van der Waals surface area (Å²) in [6.45, 7) is 9.60. The molecule has 0 aromatic rings. The van der Waals surface area contributed by atoms with Crippen LogP contribution in [0.4, 0.5) is 0 Å². The summed E-state index contributed by atoms with van der Waals surface area (Å²) >= 11 is 0. The Labute approximate surface area is 115 Å². The van der Waals surface area contributed by atoms with Crippen molar-refractivity contribution in [3.8, 4) is 0 Å². The zero-order chi connectivity index (χ0) is 12.2. The van der Waals surface area contributed by atoms with Crippen molar-refractivity contribution in [2.45, 2.75) is 41.5 Å². The predicted molar refractivity (Wildman–Crippen MR) is 56.2 cm³/mol. The van der Waals surface area contributed by atoms with Gasteiger partial charge in [-0.3, -0.25) is 0 Å². The van der Waals surface area contributed by atoms with Crippen molar-refractivity contribution in [3.63, 3.8) is 0 Å². The van der Waals surface area contributed by atoms with Crippen LogP contribution in [0.25, 0.3) is 0 Å². The van der Waals surface area contributed by atoms with Crippen LogP contribution in [0.1, 0.15) is 41.5 Å². The minimum Gasteiger partial charge on any atom is -0.550 e. The Hall–Kier alpha value is -0.517. The van der Waals surface area contributed by atoms with Gasteiger partial charge in [-0.25, -0.2) is 0 Å². The molecule has 100 valence electrons. The van der Waals surface area contributed by atoms with E-state index in [0.717, 1.165) is 0 Å². The van der Waals surface area contributed by atoms with E-state index in [9.17, 15) is 19.8 Å². The third-order valence-corrected chi connectivity index (χ3v) is 1.22. The molecule has 0 heterocycles. The molecule has 0 atom stereocenters. The van der Waals surface area contributed by atoms with Crippen LogP contribution in [0, 0.1) is 10.8 Å². The fraction of sp³-hybridized carbons (Fsp3) is 0.800. The average Bonchev–Trinajstić information content (AvgIpc) is 1.83. The number of carbonyl (C=O) groups excluding carboxylic acids is 2. The molecule has 0 spiro atoms. The zero-order valence-corrected chi connectivity index (χ0v) is 14.3. The Morgan fingerprint density at radius 3 is 0.765 bits per heavy atom. The van der Waals surface area contributed by atoms with Crippen molar-refractivity contribution in [2.75, 3.05) is 0 Å². The first kappa shape index (κ1) is 30.0. The normalized spacial score (nSPS) is 9.29. The maximum atomic E-state index is 9.91. The van der Waals surface area contributed by atoms with Gasteiger partial charge in [-0.2, -0.15) is 0 Å². The first-order chi connectivity index (χ1) is 5.89. The van der Waals surface area contributed by atoms with E-state index in [0.29, 0.717) is 0 Å². The summed E-state index contributed by atoms with van der Waals surface area (Å²) in [6, 6.07) is 0. The standard InChI is InChI=1S/2C5H10O2.2H2O.Zn/c2*1-5(2,3)4(6)7;;;/h2*1-3H3,(H,6,7);2*1H2;/q;;;;+2/p-2. The molecule has 0 aliphatic heterocycles. The molecule has 0 saturated carbocycles. The van der Waals surface area contributed by atoms with Gasteiger partial charge < -0.3 is 30.8 Å². The molecule has 0 rings (SSSR count). The monoisotopic (exact) mass is 302 g/mol. The van der Waals surface area contributed by atoms with Crippen LogP contribution in [-0.2, 0) is 29.1 Å². The summed E-state index contributed by atoms with van der Waals surface area (Å²) in [7, 11) is 0. The van der Waals surface area contributed by atoms with Crippen molar-refractivity contribution < 1.29 is 50.2 Å². The molecule has 0 saturated heterocycles. The molecule has 0 aromatic heterocycles. The Morgan fingerprint density at radius 2 is 0.765 bits per heavy atom. The molecule has 0 aliphatic rings. The second-order valence-electron chi connectivity index (χ2n) is 5.07. The van der Waals surface area contributed by atoms with E-state index < -0.39 is 22.8 Å². The molecule has 0 aromatic carbocycles. The molecular weight excluding hydrogens is 281 g/mol. The molecule has 4 N–H and O–H groups in total. The van der Waals surface area contributed by atoms with Gasteiger partial charge in [0.2, 0.25) is 0 Å². The van der Waals surface area contributed by atoms with E-state index in [1.807, 2.05) is 0 Å². The molecule has 0 bridgehead atoms. The van der Waals surface area contributed by atoms with Gasteiger partial charge in [-0.15, -0.1) is 0 Å². The van der Waals surface area contributed by atoms with Crippen molar-refractivity contribution in [1.29, 1.82) is 0 Å². The van der Waals surface area contributed by atoms with Gasteiger partial charge in [-0.1, -0.05) is 41.5 Å². The fourth-order valence-electron chi connectivity index (χ4n) is 0. The number of aliphatic carboxylic acids is 2. The average molecular weight is 304 g/mol. The molecule has 6 nitrogen and oxygen atoms in total. The first-order valence-corrected chi connectivity index (χ1v) is 4.32. The molecule has 0 fully saturated rings. The Morgan fingerprint density at radius 1 is 0.706 bits per heavy atom. The van der Waals surface area contributed by atoms with Crippen LogP contribution < -0.4 is 10.2 Å². The van der Waals surface area contributed by atoms with E-state index in [-0.39, 0.29) is 30.4 Å². The summed E-state index contributed by atoms with van der Waals surface area (Å²) in [5.74, 6) is -2.01. The van der Waals surface area contributed by atoms with Crippen molar-refractivity contribution in [3.05, 3.63) is 0 Å². The van der Waals surface area contributed by atoms with Gasteiger partial charge in [0.15, 0.2) is 0 Å². The van der Waals surface area contributed by atoms with Crippen molar-refractivity contribution in [1.82, 2.24) is 0 Å². The molecule has 17 heavy (non-hydrogen) atoms. The first-order valence-electron chi connectivity index (χ1n) is 4.32. The SMILES string of the molecule is CC(C)(C)C(=O)[O-].CC(C)(C)C(=O)[O-].O.O.[Zn+2]. The van der Waals surface area contributed by atoms with E-state index in [4.69, 9.17) is 0 Å². The van der Waals surface area contributed by atoms with Gasteiger partial charge in [0.25, 0.3) is 0 Å². The molecule has 0 unspecified atom stereocenters. The quantitative estimate of drug-likeness (QED) is 0.473. The Kier molecular flexibility index (Phi) is 18.7. The molecular formula is C10H22O6Zn. The number of hydrogen-bond donors (Lipinski definition) is 0. The molecule has 0 aliphatic carbocycles. The van der Waals surface area contributed by atoms with Crippen LogP contribution in [0.15, 0.2) is 0 Å². The fourth-order valence-corrected chi connectivity index (χ4v) is 0. The van der Waals surface area contributed by atoms with Crippen LogP contribution in [0.2, 0.25) is 0 Å². The van der Waals surface area contributed by atoms with Gasteiger partial charge in [0.1, 0.15) is 0 Å². The van der Waals surface area contributed by atoms with Gasteiger partial charge in [0, 0.05) is 22.8 Å². The van der Waals surface area contributed by atoms with E-state index in [1.165, 1.54) is 0 Å².